The molecule has 0 amide bonds. The van der Waals surface area contributed by atoms with Crippen LogP contribution in [0.25, 0.3) is 9.40 Å². The number of thiophene rings is 2. The number of fused-ring (bicyclic) bond motifs is 1. The van der Waals surface area contributed by atoms with Crippen molar-refractivity contribution in [3.8, 4) is 0 Å². The van der Waals surface area contributed by atoms with Crippen molar-refractivity contribution in [1.82, 2.24) is 0 Å². The number of aliphatic hydroxyl groups excluding tert-OH is 1. The minimum Gasteiger partial charge on any atom is -0.391 e. The molecule has 0 fully saturated rings. The van der Waals surface area contributed by atoms with Gasteiger partial charge in [0, 0.05) is 15.1 Å². The van der Waals surface area contributed by atoms with E-state index in [2.05, 4.69) is 19.1 Å². The van der Waals surface area contributed by atoms with Crippen LogP contribution in [0.2, 0.25) is 0 Å². The Kier molecular flexibility index (Phi) is 1.71. The van der Waals surface area contributed by atoms with Crippen LogP contribution in [0.15, 0.2) is 12.1 Å². The van der Waals surface area contributed by atoms with Crippen molar-refractivity contribution in [3.05, 3.63) is 21.9 Å². The lowest BCUT2D eigenvalue weighted by Crippen LogP contribution is -1.70. The normalized spacial score (nSPS) is 11.1. The Morgan fingerprint density at radius 1 is 1.36 bits per heavy atom. The van der Waals surface area contributed by atoms with E-state index in [9.17, 15) is 0 Å². The maximum Gasteiger partial charge on any atom is 0.0871 e. The van der Waals surface area contributed by atoms with Gasteiger partial charge in [-0.3, -0.25) is 0 Å². The smallest absolute Gasteiger partial charge is 0.0871 e. The molecule has 0 radical (unpaired) electrons. The van der Waals surface area contributed by atoms with Gasteiger partial charge in [0.15, 0.2) is 0 Å². The second-order valence-corrected chi connectivity index (χ2v) is 5.12. The van der Waals surface area contributed by atoms with E-state index in [-0.39, 0.29) is 6.61 Å². The second kappa shape index (κ2) is 2.59. The second-order valence-electron chi connectivity index (χ2n) is 2.47. The Bertz CT molecular complexity index is 341. The van der Waals surface area contributed by atoms with Crippen molar-refractivity contribution < 1.29 is 5.11 Å². The zero-order valence-electron chi connectivity index (χ0n) is 6.13. The molecule has 3 heteroatoms. The van der Waals surface area contributed by atoms with Crippen LogP contribution < -0.4 is 0 Å². The van der Waals surface area contributed by atoms with Crippen LogP contribution in [0.5, 0.6) is 0 Å². The molecule has 0 saturated heterocycles. The van der Waals surface area contributed by atoms with Crippen molar-refractivity contribution in [3.63, 3.8) is 0 Å². The zero-order chi connectivity index (χ0) is 7.84. The van der Waals surface area contributed by atoms with Crippen molar-refractivity contribution in [2.75, 3.05) is 0 Å². The highest BCUT2D eigenvalue weighted by Gasteiger charge is 2.02. The highest BCUT2D eigenvalue weighted by molar-refractivity contribution is 7.38. The summed E-state index contributed by atoms with van der Waals surface area (Å²) < 4.78 is 1.33. The molecule has 2 aromatic heterocycles. The fourth-order valence-corrected chi connectivity index (χ4v) is 3.41. The fourth-order valence-electron chi connectivity index (χ4n) is 1.09. The molecule has 0 aromatic carbocycles. The topological polar surface area (TPSA) is 20.2 Å². The number of hydrogen-bond donors (Lipinski definition) is 1. The minimum absolute atomic E-state index is 0.172. The third-order valence-corrected chi connectivity index (χ3v) is 3.84. The van der Waals surface area contributed by atoms with Gasteiger partial charge in [-0.1, -0.05) is 0 Å². The lowest BCUT2D eigenvalue weighted by atomic mass is 10.3. The molecule has 0 spiro atoms. The zero-order valence-corrected chi connectivity index (χ0v) is 7.76. The molecule has 2 aromatic rings. The lowest BCUT2D eigenvalue weighted by Gasteiger charge is -1.81. The molecular formula is C8H8OS2. The van der Waals surface area contributed by atoms with E-state index >= 15 is 0 Å². The highest BCUT2D eigenvalue weighted by Crippen LogP contribution is 2.32. The first-order chi connectivity index (χ1) is 5.29. The van der Waals surface area contributed by atoms with Crippen molar-refractivity contribution in [2.45, 2.75) is 13.5 Å². The van der Waals surface area contributed by atoms with Crippen LogP contribution in [0.3, 0.4) is 0 Å². The molecule has 1 nitrogen and oxygen atoms in total. The Morgan fingerprint density at radius 3 is 2.82 bits per heavy atom. The van der Waals surface area contributed by atoms with Gasteiger partial charge in [0.25, 0.3) is 0 Å². The SMILES string of the molecule is Cc1cc2cc(CO)sc2s1. The first kappa shape index (κ1) is 7.28. The molecule has 0 atom stereocenters. The van der Waals surface area contributed by atoms with Gasteiger partial charge >= 0.3 is 0 Å². The predicted molar refractivity (Wildman–Crippen MR) is 50.4 cm³/mol. The monoisotopic (exact) mass is 184 g/mol. The van der Waals surface area contributed by atoms with Crippen molar-refractivity contribution >= 4 is 32.1 Å². The standard InChI is InChI=1S/C8H8OS2/c1-5-2-6-3-7(4-9)11-8(6)10-5/h2-3,9H,4H2,1H3. The molecule has 1 N–H and O–H groups in total. The summed E-state index contributed by atoms with van der Waals surface area (Å²) in [5.41, 5.74) is 0. The van der Waals surface area contributed by atoms with Gasteiger partial charge < -0.3 is 5.11 Å². The van der Waals surface area contributed by atoms with Crippen LogP contribution >= 0.6 is 22.7 Å². The average Bonchev–Trinajstić information content (AvgIpc) is 2.43. The molecule has 0 aliphatic heterocycles. The summed E-state index contributed by atoms with van der Waals surface area (Å²) in [5.74, 6) is 0. The molecule has 58 valence electrons. The quantitative estimate of drug-likeness (QED) is 0.722. The van der Waals surface area contributed by atoms with E-state index in [1.165, 1.54) is 14.3 Å². The molecule has 0 bridgehead atoms. The maximum absolute atomic E-state index is 8.84. The average molecular weight is 184 g/mol. The summed E-state index contributed by atoms with van der Waals surface area (Å²) in [5, 5.41) is 10.1. The van der Waals surface area contributed by atoms with Gasteiger partial charge in [-0.15, -0.1) is 22.7 Å². The van der Waals surface area contributed by atoms with Gasteiger partial charge in [-0.2, -0.15) is 0 Å². The molecular weight excluding hydrogens is 176 g/mol. The fraction of sp³-hybridized carbons (Fsp3) is 0.250. The number of aliphatic hydroxyl groups is 1. The third-order valence-electron chi connectivity index (χ3n) is 1.54. The first-order valence-corrected chi connectivity index (χ1v) is 5.02. The van der Waals surface area contributed by atoms with E-state index in [1.807, 2.05) is 0 Å². The molecule has 11 heavy (non-hydrogen) atoms. The van der Waals surface area contributed by atoms with Gasteiger partial charge in [0.05, 0.1) is 10.6 Å². The summed E-state index contributed by atoms with van der Waals surface area (Å²) in [6, 6.07) is 4.22. The molecule has 0 unspecified atom stereocenters. The summed E-state index contributed by atoms with van der Waals surface area (Å²) in [6.45, 7) is 2.28. The van der Waals surface area contributed by atoms with Gasteiger partial charge in [-0.25, -0.2) is 0 Å². The van der Waals surface area contributed by atoms with E-state index < -0.39 is 0 Å². The van der Waals surface area contributed by atoms with Crippen LogP contribution in [0.1, 0.15) is 9.75 Å². The summed E-state index contributed by atoms with van der Waals surface area (Å²) in [7, 11) is 0. The Balaban J connectivity index is 2.64. The first-order valence-electron chi connectivity index (χ1n) is 3.39. The summed E-state index contributed by atoms with van der Waals surface area (Å²) in [6.07, 6.45) is 0. The minimum atomic E-state index is 0.172. The van der Waals surface area contributed by atoms with Crippen LogP contribution in [-0.2, 0) is 6.61 Å². The number of aryl methyl sites for hydroxylation is 1. The van der Waals surface area contributed by atoms with Crippen molar-refractivity contribution in [1.29, 1.82) is 0 Å². The Morgan fingerprint density at radius 2 is 2.18 bits per heavy atom. The molecule has 2 heterocycles. The molecule has 2 rings (SSSR count). The largest absolute Gasteiger partial charge is 0.391 e. The van der Waals surface area contributed by atoms with Gasteiger partial charge in [0.1, 0.15) is 0 Å². The van der Waals surface area contributed by atoms with E-state index in [0.717, 1.165) is 4.88 Å². The molecule has 0 aliphatic carbocycles. The Labute approximate surface area is 72.9 Å². The van der Waals surface area contributed by atoms with Crippen LogP contribution in [0, 0.1) is 6.92 Å². The van der Waals surface area contributed by atoms with Gasteiger partial charge in [0.2, 0.25) is 0 Å². The third kappa shape index (κ3) is 1.20. The van der Waals surface area contributed by atoms with E-state index in [0.29, 0.717) is 0 Å². The Hall–Kier alpha value is -0.380. The summed E-state index contributed by atoms with van der Waals surface area (Å²) in [4.78, 5) is 2.40. The van der Waals surface area contributed by atoms with E-state index in [4.69, 9.17) is 5.11 Å². The van der Waals surface area contributed by atoms with Crippen LogP contribution in [-0.4, -0.2) is 5.11 Å². The predicted octanol–water partition coefficient (Wildman–Crippen LogP) is 2.76. The number of rotatable bonds is 1. The molecule has 0 aliphatic rings. The highest BCUT2D eigenvalue weighted by atomic mass is 32.2. The van der Waals surface area contributed by atoms with Crippen molar-refractivity contribution in [2.24, 2.45) is 0 Å². The lowest BCUT2D eigenvalue weighted by molar-refractivity contribution is 0.285. The number of hydrogen-bond acceptors (Lipinski definition) is 3. The maximum atomic E-state index is 8.84. The van der Waals surface area contributed by atoms with Crippen LogP contribution in [0.4, 0.5) is 0 Å². The summed E-state index contributed by atoms with van der Waals surface area (Å²) >= 11 is 3.48. The van der Waals surface area contributed by atoms with E-state index in [1.54, 1.807) is 22.7 Å². The molecule has 0 saturated carbocycles. The van der Waals surface area contributed by atoms with Gasteiger partial charge in [-0.05, 0) is 19.1 Å².